The number of piperidine rings is 1. The van der Waals surface area contributed by atoms with E-state index in [4.69, 9.17) is 0 Å². The summed E-state index contributed by atoms with van der Waals surface area (Å²) in [6.07, 6.45) is 5.78. The van der Waals surface area contributed by atoms with Gasteiger partial charge < -0.3 is 9.80 Å². The van der Waals surface area contributed by atoms with Gasteiger partial charge in [0.25, 0.3) is 0 Å². The number of hydrogen-bond acceptors (Lipinski definition) is 2. The largest absolute Gasteiger partial charge is 0.342 e. The summed E-state index contributed by atoms with van der Waals surface area (Å²) in [7, 11) is 1.84. The monoisotopic (exact) mass is 314 g/mol. The molecule has 2 heterocycles. The molecule has 0 saturated carbocycles. The van der Waals surface area contributed by atoms with Crippen LogP contribution < -0.4 is 0 Å². The minimum absolute atomic E-state index is 0.113. The van der Waals surface area contributed by atoms with E-state index in [1.54, 1.807) is 4.90 Å². The number of rotatable bonds is 2. The van der Waals surface area contributed by atoms with E-state index >= 15 is 0 Å². The Morgan fingerprint density at radius 3 is 2.35 bits per heavy atom. The molecule has 2 amide bonds. The molecule has 0 aromatic heterocycles. The van der Waals surface area contributed by atoms with Crippen LogP contribution in [0.25, 0.3) is 0 Å². The highest BCUT2D eigenvalue weighted by Crippen LogP contribution is 2.37. The van der Waals surface area contributed by atoms with Crippen molar-refractivity contribution in [2.24, 2.45) is 5.92 Å². The quantitative estimate of drug-likeness (QED) is 0.842. The molecule has 0 unspecified atom stereocenters. The van der Waals surface area contributed by atoms with Crippen LogP contribution in [-0.4, -0.2) is 41.8 Å². The van der Waals surface area contributed by atoms with E-state index in [0.717, 1.165) is 31.5 Å². The topological polar surface area (TPSA) is 40.6 Å². The molecule has 2 fully saturated rings. The van der Waals surface area contributed by atoms with E-state index in [1.807, 2.05) is 42.3 Å². The van der Waals surface area contributed by atoms with Crippen molar-refractivity contribution in [2.75, 3.05) is 20.1 Å². The van der Waals surface area contributed by atoms with Crippen LogP contribution in [0, 0.1) is 5.92 Å². The van der Waals surface area contributed by atoms with E-state index in [2.05, 4.69) is 0 Å². The predicted molar refractivity (Wildman–Crippen MR) is 89.7 cm³/mol. The first-order chi connectivity index (χ1) is 11.2. The van der Waals surface area contributed by atoms with E-state index in [0.29, 0.717) is 12.8 Å². The molecule has 23 heavy (non-hydrogen) atoms. The average molecular weight is 314 g/mol. The van der Waals surface area contributed by atoms with Gasteiger partial charge in [-0.05, 0) is 24.8 Å². The van der Waals surface area contributed by atoms with Crippen LogP contribution in [0.4, 0.5) is 0 Å². The lowest BCUT2D eigenvalue weighted by Gasteiger charge is -2.40. The number of benzene rings is 1. The van der Waals surface area contributed by atoms with Crippen molar-refractivity contribution in [1.82, 2.24) is 9.80 Å². The average Bonchev–Trinajstić information content (AvgIpc) is 2.86. The zero-order chi connectivity index (χ0) is 16.2. The molecule has 2 aliphatic heterocycles. The molecule has 124 valence electrons. The lowest BCUT2D eigenvalue weighted by Crippen LogP contribution is -2.47. The summed E-state index contributed by atoms with van der Waals surface area (Å²) >= 11 is 0. The summed E-state index contributed by atoms with van der Waals surface area (Å²) in [5, 5.41) is 0. The van der Waals surface area contributed by atoms with Gasteiger partial charge in [-0.1, -0.05) is 43.2 Å². The zero-order valence-electron chi connectivity index (χ0n) is 13.9. The number of carbonyl (C=O) groups is 2. The number of carbonyl (C=O) groups excluding carboxylic acids is 2. The molecule has 2 saturated heterocycles. The fourth-order valence-corrected chi connectivity index (χ4v) is 3.93. The molecular formula is C19H26N2O2. The first-order valence-corrected chi connectivity index (χ1v) is 8.78. The first kappa shape index (κ1) is 16.0. The van der Waals surface area contributed by atoms with Crippen LogP contribution >= 0.6 is 0 Å². The fourth-order valence-electron chi connectivity index (χ4n) is 3.93. The first-order valence-electron chi connectivity index (χ1n) is 8.78. The zero-order valence-corrected chi connectivity index (χ0v) is 13.9. The highest BCUT2D eigenvalue weighted by atomic mass is 16.2. The number of nitrogens with zero attached hydrogens (tertiary/aromatic N) is 2. The van der Waals surface area contributed by atoms with Crippen LogP contribution in [0.5, 0.6) is 0 Å². The number of amides is 2. The molecule has 1 aromatic carbocycles. The SMILES string of the molecule is CN1C(=O)CC[C@H](C(=O)N2CCCCCC2)[C@H]1c1ccccc1. The van der Waals surface area contributed by atoms with Crippen LogP contribution in [0.1, 0.15) is 50.1 Å². The maximum Gasteiger partial charge on any atom is 0.228 e. The van der Waals surface area contributed by atoms with Gasteiger partial charge in [-0.2, -0.15) is 0 Å². The maximum absolute atomic E-state index is 13.1. The molecule has 0 bridgehead atoms. The van der Waals surface area contributed by atoms with Crippen LogP contribution in [0.3, 0.4) is 0 Å². The summed E-state index contributed by atoms with van der Waals surface area (Å²) in [5.74, 6) is 0.261. The Bertz CT molecular complexity index is 550. The van der Waals surface area contributed by atoms with Gasteiger partial charge in [-0.3, -0.25) is 9.59 Å². The Hall–Kier alpha value is -1.84. The molecular weight excluding hydrogens is 288 g/mol. The standard InChI is InChI=1S/C19H26N2O2/c1-20-17(22)12-11-16(18(20)15-9-5-4-6-10-15)19(23)21-13-7-2-3-8-14-21/h4-6,9-10,16,18H,2-3,7-8,11-14H2,1H3/t16-,18+/m0/s1. The van der Waals surface area contributed by atoms with Crippen molar-refractivity contribution in [3.63, 3.8) is 0 Å². The summed E-state index contributed by atoms with van der Waals surface area (Å²) in [4.78, 5) is 29.1. The lowest BCUT2D eigenvalue weighted by atomic mass is 9.83. The summed E-state index contributed by atoms with van der Waals surface area (Å²) in [6.45, 7) is 1.74. The summed E-state index contributed by atoms with van der Waals surface area (Å²) in [6, 6.07) is 9.86. The number of likely N-dealkylation sites (tertiary alicyclic amines) is 2. The Morgan fingerprint density at radius 2 is 1.70 bits per heavy atom. The van der Waals surface area contributed by atoms with Crippen molar-refractivity contribution >= 4 is 11.8 Å². The molecule has 4 nitrogen and oxygen atoms in total. The second-order valence-electron chi connectivity index (χ2n) is 6.74. The van der Waals surface area contributed by atoms with E-state index in [9.17, 15) is 9.59 Å². The summed E-state index contributed by atoms with van der Waals surface area (Å²) < 4.78 is 0. The van der Waals surface area contributed by atoms with Gasteiger partial charge in [0.15, 0.2) is 0 Å². The third-order valence-corrected chi connectivity index (χ3v) is 5.24. The van der Waals surface area contributed by atoms with Crippen molar-refractivity contribution in [3.8, 4) is 0 Å². The highest BCUT2D eigenvalue weighted by molar-refractivity contribution is 5.85. The van der Waals surface area contributed by atoms with Gasteiger partial charge in [0, 0.05) is 26.6 Å². The van der Waals surface area contributed by atoms with Crippen molar-refractivity contribution in [1.29, 1.82) is 0 Å². The Kier molecular flexibility index (Phi) is 4.99. The van der Waals surface area contributed by atoms with Gasteiger partial charge >= 0.3 is 0 Å². The van der Waals surface area contributed by atoms with Crippen LogP contribution in [-0.2, 0) is 9.59 Å². The predicted octanol–water partition coefficient (Wildman–Crippen LogP) is 3.00. The van der Waals surface area contributed by atoms with E-state index in [1.165, 1.54) is 12.8 Å². The molecule has 0 radical (unpaired) electrons. The van der Waals surface area contributed by atoms with Gasteiger partial charge in [0.1, 0.15) is 0 Å². The van der Waals surface area contributed by atoms with Gasteiger partial charge in [0.05, 0.1) is 12.0 Å². The second kappa shape index (κ2) is 7.16. The number of hydrogen-bond donors (Lipinski definition) is 0. The smallest absolute Gasteiger partial charge is 0.228 e. The molecule has 4 heteroatoms. The van der Waals surface area contributed by atoms with Gasteiger partial charge in [0.2, 0.25) is 11.8 Å². The molecule has 0 spiro atoms. The van der Waals surface area contributed by atoms with Crippen molar-refractivity contribution < 1.29 is 9.59 Å². The van der Waals surface area contributed by atoms with Crippen molar-refractivity contribution in [3.05, 3.63) is 35.9 Å². The third-order valence-electron chi connectivity index (χ3n) is 5.24. The van der Waals surface area contributed by atoms with Gasteiger partial charge in [-0.15, -0.1) is 0 Å². The molecule has 0 N–H and O–H groups in total. The fraction of sp³-hybridized carbons (Fsp3) is 0.579. The Balaban J connectivity index is 1.85. The van der Waals surface area contributed by atoms with Crippen LogP contribution in [0.15, 0.2) is 30.3 Å². The second-order valence-corrected chi connectivity index (χ2v) is 6.74. The van der Waals surface area contributed by atoms with E-state index in [-0.39, 0.29) is 23.8 Å². The molecule has 3 rings (SSSR count). The normalized spacial score (nSPS) is 26.0. The molecule has 2 atom stereocenters. The molecule has 2 aliphatic rings. The van der Waals surface area contributed by atoms with Gasteiger partial charge in [-0.25, -0.2) is 0 Å². The lowest BCUT2D eigenvalue weighted by molar-refractivity contribution is -0.146. The minimum atomic E-state index is -0.131. The maximum atomic E-state index is 13.1. The molecule has 0 aliphatic carbocycles. The minimum Gasteiger partial charge on any atom is -0.342 e. The summed E-state index contributed by atoms with van der Waals surface area (Å²) in [5.41, 5.74) is 1.07. The Morgan fingerprint density at radius 1 is 1.04 bits per heavy atom. The highest BCUT2D eigenvalue weighted by Gasteiger charge is 2.40. The Labute approximate surface area is 138 Å². The van der Waals surface area contributed by atoms with Crippen LogP contribution in [0.2, 0.25) is 0 Å². The molecule has 1 aromatic rings. The van der Waals surface area contributed by atoms with Crippen molar-refractivity contribution in [2.45, 2.75) is 44.6 Å². The third kappa shape index (κ3) is 3.41. The van der Waals surface area contributed by atoms with E-state index < -0.39 is 0 Å².